The SMILES string of the molecule is COc1ccc([C@H]2C3=CC[C@@H]4C(=O)N(c5ccc(N6CCOCC6)cc5)C(=O)[C@@H]4[C@@H]3C[C@H]3C(=O)C(c4ccccc4)=CC(=O)[C@@]23c2ccccc2)c(O)c1. The molecule has 0 radical (unpaired) electrons. The highest BCUT2D eigenvalue weighted by Gasteiger charge is 2.66. The van der Waals surface area contributed by atoms with Crippen molar-refractivity contribution >= 4 is 40.3 Å². The molecule has 2 saturated heterocycles. The fourth-order valence-corrected chi connectivity index (χ4v) is 10.0. The van der Waals surface area contributed by atoms with Crippen LogP contribution >= 0.6 is 0 Å². The molecule has 0 unspecified atom stereocenters. The first-order chi connectivity index (χ1) is 26.3. The number of hydrogen-bond acceptors (Lipinski definition) is 8. The number of hydrogen-bond donors (Lipinski definition) is 1. The zero-order valence-corrected chi connectivity index (χ0v) is 29.9. The number of imide groups is 1. The zero-order valence-electron chi connectivity index (χ0n) is 29.9. The number of nitrogens with zero attached hydrogens (tertiary/aromatic N) is 2. The van der Waals surface area contributed by atoms with Crippen LogP contribution in [0.1, 0.15) is 35.4 Å². The number of carbonyl (C=O) groups excluding carboxylic acids is 4. The maximum Gasteiger partial charge on any atom is 0.238 e. The second-order valence-corrected chi connectivity index (χ2v) is 14.8. The van der Waals surface area contributed by atoms with E-state index in [0.717, 1.165) is 24.4 Å². The molecule has 4 aromatic carbocycles. The Labute approximate surface area is 313 Å². The van der Waals surface area contributed by atoms with Crippen LogP contribution in [0.5, 0.6) is 11.5 Å². The van der Waals surface area contributed by atoms with Crippen LogP contribution in [0, 0.1) is 23.7 Å². The summed E-state index contributed by atoms with van der Waals surface area (Å²) in [6.45, 7) is 2.81. The molecule has 0 bridgehead atoms. The fraction of sp³-hybridized carbons (Fsp3) is 0.289. The van der Waals surface area contributed by atoms with Crippen molar-refractivity contribution in [2.45, 2.75) is 24.2 Å². The Balaban J connectivity index is 1.19. The van der Waals surface area contributed by atoms with Gasteiger partial charge in [0.2, 0.25) is 11.8 Å². The Morgan fingerprint density at radius 2 is 1.48 bits per heavy atom. The number of allylic oxidation sites excluding steroid dienone is 4. The molecule has 2 aliphatic heterocycles. The van der Waals surface area contributed by atoms with E-state index in [4.69, 9.17) is 9.47 Å². The summed E-state index contributed by atoms with van der Waals surface area (Å²) in [6.07, 6.45) is 3.96. The van der Waals surface area contributed by atoms with Crippen LogP contribution in [0.25, 0.3) is 5.57 Å². The third-order valence-electron chi connectivity index (χ3n) is 12.4. The predicted octanol–water partition coefficient (Wildman–Crippen LogP) is 6.27. The fourth-order valence-electron chi connectivity index (χ4n) is 10.0. The number of ether oxygens (including phenoxy) is 2. The van der Waals surface area contributed by atoms with E-state index in [-0.39, 0.29) is 35.6 Å². The van der Waals surface area contributed by atoms with Gasteiger partial charge in [0.1, 0.15) is 11.5 Å². The summed E-state index contributed by atoms with van der Waals surface area (Å²) < 4.78 is 10.9. The average Bonchev–Trinajstić information content (AvgIpc) is 3.48. The van der Waals surface area contributed by atoms with Crippen LogP contribution in [0.4, 0.5) is 11.4 Å². The topological polar surface area (TPSA) is 113 Å². The maximum absolute atomic E-state index is 15.2. The molecule has 2 amide bonds. The van der Waals surface area contributed by atoms with Crippen LogP contribution in [0.2, 0.25) is 0 Å². The number of benzene rings is 4. The Morgan fingerprint density at radius 3 is 2.17 bits per heavy atom. The quantitative estimate of drug-likeness (QED) is 0.183. The van der Waals surface area contributed by atoms with Crippen molar-refractivity contribution in [3.05, 3.63) is 138 Å². The molecule has 6 atom stereocenters. The van der Waals surface area contributed by atoms with Gasteiger partial charge in [-0.3, -0.25) is 24.1 Å². The summed E-state index contributed by atoms with van der Waals surface area (Å²) in [6, 6.07) is 31.1. The third-order valence-corrected chi connectivity index (χ3v) is 12.4. The molecule has 0 aromatic heterocycles. The summed E-state index contributed by atoms with van der Waals surface area (Å²) in [4.78, 5) is 62.9. The van der Waals surface area contributed by atoms with Crippen molar-refractivity contribution in [2.75, 3.05) is 43.2 Å². The van der Waals surface area contributed by atoms with E-state index >= 15 is 9.59 Å². The number of fused-ring (bicyclic) bond motifs is 4. The van der Waals surface area contributed by atoms with E-state index in [0.29, 0.717) is 53.3 Å². The van der Waals surface area contributed by atoms with Crippen molar-refractivity contribution in [1.82, 2.24) is 0 Å². The van der Waals surface area contributed by atoms with Crippen LogP contribution in [0.15, 0.2) is 121 Å². The van der Waals surface area contributed by atoms with Crippen molar-refractivity contribution in [3.8, 4) is 11.5 Å². The molecule has 5 aliphatic rings. The lowest BCUT2D eigenvalue weighted by Gasteiger charge is -2.55. The van der Waals surface area contributed by atoms with Gasteiger partial charge in [0.15, 0.2) is 11.6 Å². The molecule has 3 aliphatic carbocycles. The molecule has 3 fully saturated rings. The van der Waals surface area contributed by atoms with E-state index < -0.39 is 35.0 Å². The highest BCUT2D eigenvalue weighted by atomic mass is 16.5. The molecule has 9 rings (SSSR count). The molecule has 1 saturated carbocycles. The Hall–Kier alpha value is -5.80. The first-order valence-electron chi connectivity index (χ1n) is 18.6. The van der Waals surface area contributed by atoms with Gasteiger partial charge < -0.3 is 19.5 Å². The second-order valence-electron chi connectivity index (χ2n) is 14.8. The maximum atomic E-state index is 15.2. The summed E-state index contributed by atoms with van der Waals surface area (Å²) in [7, 11) is 1.51. The number of phenols is 1. The minimum atomic E-state index is -1.43. The molecule has 4 aromatic rings. The first-order valence-corrected chi connectivity index (χ1v) is 18.6. The van der Waals surface area contributed by atoms with Gasteiger partial charge in [-0.1, -0.05) is 78.4 Å². The van der Waals surface area contributed by atoms with E-state index in [1.807, 2.05) is 91.0 Å². The first kappa shape index (κ1) is 34.0. The lowest BCUT2D eigenvalue weighted by molar-refractivity contribution is -0.135. The van der Waals surface area contributed by atoms with Crippen molar-refractivity contribution in [2.24, 2.45) is 23.7 Å². The van der Waals surface area contributed by atoms with Gasteiger partial charge in [-0.05, 0) is 66.3 Å². The number of methoxy groups -OCH3 is 1. The molecular formula is C45H40N2O7. The van der Waals surface area contributed by atoms with Crippen molar-refractivity contribution in [1.29, 1.82) is 0 Å². The molecule has 54 heavy (non-hydrogen) atoms. The monoisotopic (exact) mass is 720 g/mol. The molecule has 9 heteroatoms. The van der Waals surface area contributed by atoms with Crippen molar-refractivity contribution in [3.63, 3.8) is 0 Å². The van der Waals surface area contributed by atoms with Gasteiger partial charge in [0, 0.05) is 47.8 Å². The van der Waals surface area contributed by atoms with Crippen LogP contribution in [-0.4, -0.2) is 61.9 Å². The van der Waals surface area contributed by atoms with E-state index in [9.17, 15) is 14.7 Å². The Bertz CT molecular complexity index is 2230. The Morgan fingerprint density at radius 1 is 0.796 bits per heavy atom. The predicted molar refractivity (Wildman–Crippen MR) is 203 cm³/mol. The molecule has 2 heterocycles. The summed E-state index contributed by atoms with van der Waals surface area (Å²) in [5.41, 5.74) is 2.96. The summed E-state index contributed by atoms with van der Waals surface area (Å²) in [5.74, 6) is -4.28. The lowest BCUT2D eigenvalue weighted by atomic mass is 9.44. The number of anilines is 2. The number of carbonyl (C=O) groups is 4. The molecule has 272 valence electrons. The molecular weight excluding hydrogens is 681 g/mol. The van der Waals surface area contributed by atoms with Crippen LogP contribution < -0.4 is 14.5 Å². The van der Waals surface area contributed by atoms with Gasteiger partial charge in [-0.15, -0.1) is 0 Å². The molecule has 9 nitrogen and oxygen atoms in total. The summed E-state index contributed by atoms with van der Waals surface area (Å²) >= 11 is 0. The summed E-state index contributed by atoms with van der Waals surface area (Å²) in [5, 5.41) is 11.7. The van der Waals surface area contributed by atoms with Crippen molar-refractivity contribution < 1.29 is 33.8 Å². The largest absolute Gasteiger partial charge is 0.508 e. The number of ketones is 2. The van der Waals surface area contributed by atoms with Crippen LogP contribution in [0.3, 0.4) is 0 Å². The van der Waals surface area contributed by atoms with Crippen LogP contribution in [-0.2, 0) is 29.3 Å². The second kappa shape index (κ2) is 13.2. The number of morpholine rings is 1. The van der Waals surface area contributed by atoms with Gasteiger partial charge in [-0.25, -0.2) is 0 Å². The smallest absolute Gasteiger partial charge is 0.238 e. The number of aromatic hydroxyl groups is 1. The number of Topliss-reactive ketones (excluding diaryl/α,β-unsaturated/α-hetero) is 1. The third kappa shape index (κ3) is 5.09. The normalized spacial score (nSPS) is 27.8. The zero-order chi connectivity index (χ0) is 37.1. The number of phenolic OH excluding ortho intramolecular Hbond substituents is 1. The van der Waals surface area contributed by atoms with Gasteiger partial charge in [0.25, 0.3) is 0 Å². The van der Waals surface area contributed by atoms with Gasteiger partial charge in [-0.2, -0.15) is 0 Å². The standard InChI is InChI=1S/C45H40N2O7/c1-53-31-16-17-33(38(48)24-31)41-32-18-19-34-40(44(52)47(43(34)51)30-14-12-29(13-15-30)46-20-22-54-23-21-46)36(32)25-37-42(50)35(27-8-4-2-5-9-27)26-39(49)45(37,41)28-10-6-3-7-11-28/h2-18,24,26,34,36-37,40-41,48H,19-23,25H2,1H3/t34-,36+,37-,40-,41+,45-/m0/s1. The van der Waals surface area contributed by atoms with Gasteiger partial charge >= 0.3 is 0 Å². The minimum Gasteiger partial charge on any atom is -0.508 e. The van der Waals surface area contributed by atoms with E-state index in [1.165, 1.54) is 24.2 Å². The lowest BCUT2D eigenvalue weighted by Crippen LogP contribution is -2.58. The highest BCUT2D eigenvalue weighted by molar-refractivity contribution is 6.32. The highest BCUT2D eigenvalue weighted by Crippen LogP contribution is 2.64. The molecule has 0 spiro atoms. The number of amides is 2. The van der Waals surface area contributed by atoms with E-state index in [1.54, 1.807) is 12.1 Å². The molecule has 1 N–H and O–H groups in total. The van der Waals surface area contributed by atoms with Gasteiger partial charge in [0.05, 0.1) is 43.3 Å². The Kier molecular flexibility index (Phi) is 8.34. The average molecular weight is 721 g/mol. The number of rotatable bonds is 6. The van der Waals surface area contributed by atoms with E-state index in [2.05, 4.69) is 4.90 Å². The minimum absolute atomic E-state index is 0.0778.